The number of rotatable bonds is 5. The Morgan fingerprint density at radius 2 is 1.43 bits per heavy atom. The van der Waals surface area contributed by atoms with Crippen molar-refractivity contribution in [3.05, 3.63) is 96.6 Å². The number of hydrogen-bond acceptors (Lipinski definition) is 3. The second-order valence-electron chi connectivity index (χ2n) is 6.70. The molecule has 3 aromatic rings. The summed E-state index contributed by atoms with van der Waals surface area (Å²) in [6.45, 7) is 1.84. The topological polar surface area (TPSA) is 32.8 Å². The van der Waals surface area contributed by atoms with Gasteiger partial charge in [-0.05, 0) is 60.7 Å². The molecular weight excluding hydrogens is 348 g/mol. The fourth-order valence-electron chi connectivity index (χ4n) is 3.18. The number of ether oxygens (including phenoxy) is 1. The van der Waals surface area contributed by atoms with Gasteiger partial charge < -0.3 is 14.5 Å². The molecule has 0 bridgehead atoms. The van der Waals surface area contributed by atoms with Crippen molar-refractivity contribution < 1.29 is 9.53 Å². The second kappa shape index (κ2) is 8.01. The molecule has 0 N–H and O–H groups in total. The van der Waals surface area contributed by atoms with E-state index < -0.39 is 0 Å². The zero-order chi connectivity index (χ0) is 19.3. The fourth-order valence-corrected chi connectivity index (χ4v) is 3.18. The molecule has 4 nitrogen and oxygen atoms in total. The minimum absolute atomic E-state index is 0.0391. The van der Waals surface area contributed by atoms with Crippen LogP contribution in [0.3, 0.4) is 0 Å². The van der Waals surface area contributed by atoms with Gasteiger partial charge in [0.2, 0.25) is 0 Å². The first-order chi connectivity index (χ1) is 13.7. The van der Waals surface area contributed by atoms with Crippen molar-refractivity contribution in [1.82, 2.24) is 0 Å². The monoisotopic (exact) mass is 370 g/mol. The first-order valence-corrected chi connectivity index (χ1v) is 9.32. The van der Waals surface area contributed by atoms with E-state index in [2.05, 4.69) is 17.1 Å². The summed E-state index contributed by atoms with van der Waals surface area (Å²) in [5, 5.41) is 0. The van der Waals surface area contributed by atoms with Crippen molar-refractivity contribution in [2.75, 3.05) is 29.9 Å². The number of hydrogen-bond donors (Lipinski definition) is 0. The molecule has 4 rings (SSSR count). The van der Waals surface area contributed by atoms with E-state index in [1.807, 2.05) is 78.9 Å². The third-order valence-electron chi connectivity index (χ3n) is 4.81. The molecule has 1 amide bonds. The lowest BCUT2D eigenvalue weighted by Gasteiger charge is -2.20. The quantitative estimate of drug-likeness (QED) is 0.584. The van der Waals surface area contributed by atoms with Crippen LogP contribution in [0.2, 0.25) is 0 Å². The zero-order valence-electron chi connectivity index (χ0n) is 15.8. The summed E-state index contributed by atoms with van der Waals surface area (Å²) in [7, 11) is 1.79. The molecule has 28 heavy (non-hydrogen) atoms. The molecule has 0 spiro atoms. The summed E-state index contributed by atoms with van der Waals surface area (Å²) in [6, 6.07) is 24.9. The number of nitrogens with zero attached hydrogens (tertiary/aromatic N) is 2. The lowest BCUT2D eigenvalue weighted by Crippen LogP contribution is -2.26. The molecule has 0 fully saturated rings. The third kappa shape index (κ3) is 3.91. The van der Waals surface area contributed by atoms with Crippen LogP contribution in [-0.2, 0) is 0 Å². The van der Waals surface area contributed by atoms with E-state index in [-0.39, 0.29) is 5.91 Å². The number of anilines is 2. The van der Waals surface area contributed by atoms with Crippen molar-refractivity contribution in [2.45, 2.75) is 0 Å². The highest BCUT2D eigenvalue weighted by Gasteiger charge is 2.15. The molecule has 1 heterocycles. The summed E-state index contributed by atoms with van der Waals surface area (Å²) in [6.07, 6.45) is 4.30. The highest BCUT2D eigenvalue weighted by Crippen LogP contribution is 2.25. The molecule has 0 saturated carbocycles. The molecular formula is C24H22N2O2. The minimum Gasteiger partial charge on any atom is -0.457 e. The number of benzene rings is 3. The molecule has 0 aliphatic carbocycles. The lowest BCUT2D eigenvalue weighted by molar-refractivity contribution is 0.0993. The Bertz CT molecular complexity index is 956. The summed E-state index contributed by atoms with van der Waals surface area (Å²) >= 11 is 0. The van der Waals surface area contributed by atoms with Crippen LogP contribution in [0, 0.1) is 0 Å². The number of amides is 1. The Morgan fingerprint density at radius 1 is 0.821 bits per heavy atom. The molecule has 0 aromatic heterocycles. The molecule has 0 atom stereocenters. The third-order valence-corrected chi connectivity index (χ3v) is 4.81. The van der Waals surface area contributed by atoms with Crippen LogP contribution >= 0.6 is 0 Å². The summed E-state index contributed by atoms with van der Waals surface area (Å²) < 4.78 is 5.81. The van der Waals surface area contributed by atoms with Crippen LogP contribution in [0.5, 0.6) is 11.5 Å². The van der Waals surface area contributed by atoms with Gasteiger partial charge in [-0.2, -0.15) is 0 Å². The van der Waals surface area contributed by atoms with Gasteiger partial charge in [-0.15, -0.1) is 0 Å². The largest absolute Gasteiger partial charge is 0.457 e. The second-order valence-corrected chi connectivity index (χ2v) is 6.70. The molecule has 3 aromatic carbocycles. The molecule has 1 aliphatic rings. The first kappa shape index (κ1) is 17.9. The van der Waals surface area contributed by atoms with Crippen LogP contribution in [-0.4, -0.2) is 26.0 Å². The van der Waals surface area contributed by atoms with Crippen LogP contribution < -0.4 is 14.5 Å². The van der Waals surface area contributed by atoms with Crippen LogP contribution in [0.4, 0.5) is 11.4 Å². The van der Waals surface area contributed by atoms with Gasteiger partial charge in [0.25, 0.3) is 5.91 Å². The zero-order valence-corrected chi connectivity index (χ0v) is 15.8. The van der Waals surface area contributed by atoms with Crippen molar-refractivity contribution in [3.8, 4) is 11.5 Å². The maximum atomic E-state index is 12.8. The minimum atomic E-state index is -0.0391. The van der Waals surface area contributed by atoms with E-state index in [1.54, 1.807) is 11.9 Å². The molecule has 0 radical (unpaired) electrons. The van der Waals surface area contributed by atoms with E-state index in [0.29, 0.717) is 5.56 Å². The van der Waals surface area contributed by atoms with Gasteiger partial charge >= 0.3 is 0 Å². The standard InChI is InChI=1S/C24H22N2O2/c1-25(20-13-15-23(16-14-20)28-22-7-3-2-4-8-22)24(27)19-9-11-21(12-10-19)26-17-5-6-18-26/h2-16H,17-18H2,1H3. The predicted molar refractivity (Wildman–Crippen MR) is 113 cm³/mol. The highest BCUT2D eigenvalue weighted by atomic mass is 16.5. The van der Waals surface area contributed by atoms with E-state index in [0.717, 1.165) is 36.0 Å². The Hall–Kier alpha value is -3.53. The average Bonchev–Trinajstić information content (AvgIpc) is 3.29. The van der Waals surface area contributed by atoms with Crippen molar-refractivity contribution >= 4 is 17.3 Å². The van der Waals surface area contributed by atoms with Crippen LogP contribution in [0.1, 0.15) is 10.4 Å². The molecule has 0 unspecified atom stereocenters. The Kier molecular flexibility index (Phi) is 5.11. The normalized spacial score (nSPS) is 12.8. The summed E-state index contributed by atoms with van der Waals surface area (Å²) in [5.74, 6) is 1.48. The van der Waals surface area contributed by atoms with Gasteiger partial charge in [-0.3, -0.25) is 4.79 Å². The predicted octanol–water partition coefficient (Wildman–Crippen LogP) is 5.13. The van der Waals surface area contributed by atoms with Gasteiger partial charge in [-0.1, -0.05) is 30.4 Å². The maximum absolute atomic E-state index is 12.8. The smallest absolute Gasteiger partial charge is 0.258 e. The SMILES string of the molecule is CN(C(=O)c1ccc(N2CC=CC2)cc1)c1ccc(Oc2ccccc2)cc1. The molecule has 140 valence electrons. The Labute approximate surface area is 165 Å². The Balaban J connectivity index is 1.43. The van der Waals surface area contributed by atoms with E-state index in [4.69, 9.17) is 4.74 Å². The van der Waals surface area contributed by atoms with Crippen LogP contribution in [0.15, 0.2) is 91.0 Å². The van der Waals surface area contributed by atoms with Gasteiger partial charge in [-0.25, -0.2) is 0 Å². The van der Waals surface area contributed by atoms with Crippen molar-refractivity contribution in [3.63, 3.8) is 0 Å². The van der Waals surface area contributed by atoms with E-state index in [9.17, 15) is 4.79 Å². The highest BCUT2D eigenvalue weighted by molar-refractivity contribution is 6.05. The van der Waals surface area contributed by atoms with Crippen molar-refractivity contribution in [2.24, 2.45) is 0 Å². The van der Waals surface area contributed by atoms with Gasteiger partial charge in [0.05, 0.1) is 0 Å². The molecule has 4 heteroatoms. The van der Waals surface area contributed by atoms with Crippen LogP contribution in [0.25, 0.3) is 0 Å². The van der Waals surface area contributed by atoms with Gasteiger partial charge in [0, 0.05) is 37.1 Å². The molecule has 1 aliphatic heterocycles. The lowest BCUT2D eigenvalue weighted by atomic mass is 10.1. The Morgan fingerprint density at radius 3 is 2.07 bits per heavy atom. The summed E-state index contributed by atoms with van der Waals surface area (Å²) in [5.41, 5.74) is 2.62. The first-order valence-electron chi connectivity index (χ1n) is 9.32. The van der Waals surface area contributed by atoms with Gasteiger partial charge in [0.15, 0.2) is 0 Å². The fraction of sp³-hybridized carbons (Fsp3) is 0.125. The number of carbonyl (C=O) groups excluding carboxylic acids is 1. The van der Waals surface area contributed by atoms with E-state index >= 15 is 0 Å². The summed E-state index contributed by atoms with van der Waals surface area (Å²) in [4.78, 5) is 16.7. The average molecular weight is 370 g/mol. The van der Waals surface area contributed by atoms with E-state index in [1.165, 1.54) is 0 Å². The van der Waals surface area contributed by atoms with Crippen molar-refractivity contribution in [1.29, 1.82) is 0 Å². The number of carbonyl (C=O) groups is 1. The van der Waals surface area contributed by atoms with Gasteiger partial charge in [0.1, 0.15) is 11.5 Å². The molecule has 0 saturated heterocycles. The maximum Gasteiger partial charge on any atom is 0.258 e. The number of para-hydroxylation sites is 1.